The molecule has 0 unspecified atom stereocenters. The summed E-state index contributed by atoms with van der Waals surface area (Å²) in [6, 6.07) is 5.08. The molecule has 116 valence electrons. The molecule has 0 aliphatic carbocycles. The van der Waals surface area contributed by atoms with Gasteiger partial charge in [-0.2, -0.15) is 0 Å². The summed E-state index contributed by atoms with van der Waals surface area (Å²) >= 11 is 1.33. The minimum atomic E-state index is -0.514. The highest BCUT2D eigenvalue weighted by Gasteiger charge is 2.16. The number of amides is 1. The molecule has 8 heteroatoms. The van der Waals surface area contributed by atoms with E-state index >= 15 is 0 Å². The number of anilines is 1. The Hall–Kier alpha value is -2.87. The molecule has 1 N–H and O–H groups in total. The lowest BCUT2D eigenvalue weighted by Gasteiger charge is -2.18. The minimum absolute atomic E-state index is 0.0178. The lowest BCUT2D eigenvalue weighted by Crippen LogP contribution is -2.25. The topological polar surface area (TPSA) is 81.9 Å². The van der Waals surface area contributed by atoms with E-state index in [0.29, 0.717) is 35.4 Å². The van der Waals surface area contributed by atoms with Crippen molar-refractivity contribution in [3.8, 4) is 11.5 Å². The maximum Gasteiger partial charge on any atom is 0.271 e. The molecule has 0 fully saturated rings. The first kappa shape index (κ1) is 13.8. The van der Waals surface area contributed by atoms with E-state index in [4.69, 9.17) is 9.47 Å². The van der Waals surface area contributed by atoms with Crippen LogP contribution in [0.3, 0.4) is 0 Å². The molecule has 1 amide bonds. The van der Waals surface area contributed by atoms with Crippen molar-refractivity contribution in [3.63, 3.8) is 0 Å². The number of thiazole rings is 1. The maximum absolute atomic E-state index is 12.3. The van der Waals surface area contributed by atoms with Gasteiger partial charge in [0.25, 0.3) is 11.5 Å². The third kappa shape index (κ3) is 2.42. The van der Waals surface area contributed by atoms with Gasteiger partial charge in [-0.1, -0.05) is 0 Å². The molecule has 0 spiro atoms. The molecule has 0 saturated heterocycles. The number of nitrogens with zero attached hydrogens (tertiary/aromatic N) is 2. The Morgan fingerprint density at radius 1 is 1.26 bits per heavy atom. The summed E-state index contributed by atoms with van der Waals surface area (Å²) in [6.07, 6.45) is 2.89. The zero-order chi connectivity index (χ0) is 15.8. The lowest BCUT2D eigenvalue weighted by molar-refractivity contribution is 0.102. The van der Waals surface area contributed by atoms with Crippen molar-refractivity contribution in [1.29, 1.82) is 0 Å². The molecule has 1 aromatic carbocycles. The van der Waals surface area contributed by atoms with E-state index in [1.807, 2.05) is 0 Å². The van der Waals surface area contributed by atoms with Gasteiger partial charge in [0, 0.05) is 29.5 Å². The van der Waals surface area contributed by atoms with Gasteiger partial charge >= 0.3 is 0 Å². The lowest BCUT2D eigenvalue weighted by atomic mass is 10.2. The summed E-state index contributed by atoms with van der Waals surface area (Å²) in [5, 5.41) is 4.42. The molecule has 0 radical (unpaired) electrons. The van der Waals surface area contributed by atoms with Gasteiger partial charge in [-0.25, -0.2) is 4.98 Å². The molecule has 0 atom stereocenters. The summed E-state index contributed by atoms with van der Waals surface area (Å²) in [7, 11) is 0. The number of rotatable bonds is 2. The minimum Gasteiger partial charge on any atom is -0.486 e. The largest absolute Gasteiger partial charge is 0.486 e. The van der Waals surface area contributed by atoms with E-state index in [9.17, 15) is 9.59 Å². The van der Waals surface area contributed by atoms with Crippen molar-refractivity contribution in [2.45, 2.75) is 0 Å². The first-order chi connectivity index (χ1) is 11.2. The van der Waals surface area contributed by atoms with E-state index in [-0.39, 0.29) is 5.56 Å². The molecular weight excluding hydrogens is 318 g/mol. The van der Waals surface area contributed by atoms with Gasteiger partial charge in [-0.15, -0.1) is 11.3 Å². The van der Waals surface area contributed by atoms with Gasteiger partial charge < -0.3 is 14.8 Å². The number of hydrogen-bond acceptors (Lipinski definition) is 6. The van der Waals surface area contributed by atoms with Crippen molar-refractivity contribution >= 4 is 27.9 Å². The second-order valence-electron chi connectivity index (χ2n) is 4.85. The van der Waals surface area contributed by atoms with Crippen LogP contribution in [0.2, 0.25) is 0 Å². The predicted molar refractivity (Wildman–Crippen MR) is 84.7 cm³/mol. The molecule has 2 aromatic heterocycles. The van der Waals surface area contributed by atoms with Crippen LogP contribution >= 0.6 is 11.3 Å². The Bertz CT molecular complexity index is 963. The Kier molecular flexibility index (Phi) is 3.23. The van der Waals surface area contributed by atoms with E-state index in [0.717, 1.165) is 0 Å². The first-order valence-electron chi connectivity index (χ1n) is 6.88. The Morgan fingerprint density at radius 2 is 2.09 bits per heavy atom. The molecule has 0 saturated carbocycles. The number of nitrogens with one attached hydrogen (secondary N) is 1. The quantitative estimate of drug-likeness (QED) is 0.775. The standard InChI is InChI=1S/C15H11N3O4S/c19-13(10-8-16-15-18(14(10)20)3-6-23-15)17-9-1-2-11-12(7-9)22-5-4-21-11/h1-3,6-8H,4-5H2,(H,17,19). The zero-order valence-electron chi connectivity index (χ0n) is 11.8. The molecule has 3 heterocycles. The van der Waals surface area contributed by atoms with Gasteiger partial charge in [0.1, 0.15) is 18.8 Å². The van der Waals surface area contributed by atoms with Crippen LogP contribution in [0, 0.1) is 0 Å². The number of fused-ring (bicyclic) bond motifs is 2. The number of carbonyl (C=O) groups excluding carboxylic acids is 1. The van der Waals surface area contributed by atoms with Gasteiger partial charge in [0.15, 0.2) is 16.5 Å². The van der Waals surface area contributed by atoms with Crippen molar-refractivity contribution < 1.29 is 14.3 Å². The molecule has 7 nitrogen and oxygen atoms in total. The Labute approximate surface area is 134 Å². The van der Waals surface area contributed by atoms with Crippen LogP contribution in [0.25, 0.3) is 4.96 Å². The second-order valence-corrected chi connectivity index (χ2v) is 5.72. The van der Waals surface area contributed by atoms with Crippen LogP contribution in [-0.4, -0.2) is 28.5 Å². The van der Waals surface area contributed by atoms with Crippen LogP contribution in [0.1, 0.15) is 10.4 Å². The van der Waals surface area contributed by atoms with Crippen molar-refractivity contribution in [1.82, 2.24) is 9.38 Å². The number of benzene rings is 1. The highest BCUT2D eigenvalue weighted by atomic mass is 32.1. The summed E-state index contributed by atoms with van der Waals surface area (Å²) in [5.74, 6) is 0.688. The smallest absolute Gasteiger partial charge is 0.271 e. The SMILES string of the molecule is O=C(Nc1ccc2c(c1)OCCO2)c1cnc2sccn2c1=O. The number of aromatic nitrogens is 2. The van der Waals surface area contributed by atoms with Crippen LogP contribution in [-0.2, 0) is 0 Å². The number of carbonyl (C=O) groups is 1. The summed E-state index contributed by atoms with van der Waals surface area (Å²) in [6.45, 7) is 0.965. The molecule has 0 bridgehead atoms. The molecule has 4 rings (SSSR count). The van der Waals surface area contributed by atoms with Gasteiger partial charge in [0.05, 0.1) is 0 Å². The highest BCUT2D eigenvalue weighted by Crippen LogP contribution is 2.32. The van der Waals surface area contributed by atoms with Gasteiger partial charge in [0.2, 0.25) is 0 Å². The Balaban J connectivity index is 1.64. The molecular formula is C15H11N3O4S. The number of ether oxygens (including phenoxy) is 2. The van der Waals surface area contributed by atoms with E-state index in [1.165, 1.54) is 21.9 Å². The van der Waals surface area contributed by atoms with Gasteiger partial charge in [-0.05, 0) is 12.1 Å². The summed E-state index contributed by atoms with van der Waals surface area (Å²) < 4.78 is 12.2. The fourth-order valence-corrected chi connectivity index (χ4v) is 2.98. The van der Waals surface area contributed by atoms with E-state index in [1.54, 1.807) is 29.8 Å². The molecule has 1 aliphatic rings. The summed E-state index contributed by atoms with van der Waals surface area (Å²) in [4.78, 5) is 29.3. The van der Waals surface area contributed by atoms with Crippen LogP contribution in [0.5, 0.6) is 11.5 Å². The monoisotopic (exact) mass is 329 g/mol. The van der Waals surface area contributed by atoms with Crippen LogP contribution in [0.15, 0.2) is 40.8 Å². The zero-order valence-corrected chi connectivity index (χ0v) is 12.6. The first-order valence-corrected chi connectivity index (χ1v) is 7.76. The highest BCUT2D eigenvalue weighted by molar-refractivity contribution is 7.15. The van der Waals surface area contributed by atoms with Crippen molar-refractivity contribution in [3.05, 3.63) is 51.9 Å². The number of hydrogen-bond donors (Lipinski definition) is 1. The normalized spacial score (nSPS) is 13.0. The Morgan fingerprint density at radius 3 is 2.96 bits per heavy atom. The summed E-state index contributed by atoms with van der Waals surface area (Å²) in [5.41, 5.74) is 0.108. The molecule has 23 heavy (non-hydrogen) atoms. The third-order valence-corrected chi connectivity index (χ3v) is 4.16. The molecule has 3 aromatic rings. The van der Waals surface area contributed by atoms with Crippen LogP contribution < -0.4 is 20.3 Å². The van der Waals surface area contributed by atoms with E-state index < -0.39 is 11.5 Å². The average Bonchev–Trinajstić information content (AvgIpc) is 3.04. The third-order valence-electron chi connectivity index (χ3n) is 3.39. The maximum atomic E-state index is 12.3. The average molecular weight is 329 g/mol. The fourth-order valence-electron chi connectivity index (χ4n) is 2.30. The van der Waals surface area contributed by atoms with Gasteiger partial charge in [-0.3, -0.25) is 14.0 Å². The van der Waals surface area contributed by atoms with E-state index in [2.05, 4.69) is 10.3 Å². The molecule has 1 aliphatic heterocycles. The van der Waals surface area contributed by atoms with Crippen molar-refractivity contribution in [2.24, 2.45) is 0 Å². The fraction of sp³-hybridized carbons (Fsp3) is 0.133. The predicted octanol–water partition coefficient (Wildman–Crippen LogP) is 1.78. The van der Waals surface area contributed by atoms with Crippen molar-refractivity contribution in [2.75, 3.05) is 18.5 Å². The second kappa shape index (κ2) is 5.40. The van der Waals surface area contributed by atoms with Crippen LogP contribution in [0.4, 0.5) is 5.69 Å².